The quantitative estimate of drug-likeness (QED) is 0.312. The molecule has 0 aromatic carbocycles. The standard InChI is InChI=1S/C22H28N4O6S4/c27-15(23-7-11-31-12-8-23)3-1-5-25-19(29)17(35-21(25)33)18-20(30)26(22(34)36-18)6-2-4-16(28)24-9-13-32-14-10-24/h1-14H2/b18-17+. The highest BCUT2D eigenvalue weighted by Crippen LogP contribution is 2.42. The van der Waals surface area contributed by atoms with Crippen molar-refractivity contribution in [3.8, 4) is 0 Å². The predicted octanol–water partition coefficient (Wildman–Crippen LogP) is 1.20. The van der Waals surface area contributed by atoms with E-state index in [-0.39, 0.29) is 33.4 Å². The molecule has 0 spiro atoms. The highest BCUT2D eigenvalue weighted by molar-refractivity contribution is 8.29. The Balaban J connectivity index is 1.28. The van der Waals surface area contributed by atoms with Gasteiger partial charge >= 0.3 is 0 Å². The summed E-state index contributed by atoms with van der Waals surface area (Å²) in [6.45, 7) is 5.15. The summed E-state index contributed by atoms with van der Waals surface area (Å²) in [4.78, 5) is 57.9. The third-order valence-corrected chi connectivity index (χ3v) is 9.20. The van der Waals surface area contributed by atoms with Gasteiger partial charge < -0.3 is 19.3 Å². The highest BCUT2D eigenvalue weighted by Gasteiger charge is 2.41. The van der Waals surface area contributed by atoms with Crippen molar-refractivity contribution in [3.05, 3.63) is 9.81 Å². The molecule has 0 bridgehead atoms. The molecule has 4 heterocycles. The zero-order valence-electron chi connectivity index (χ0n) is 19.8. The number of thiocarbonyl (C=S) groups is 2. The number of carbonyl (C=O) groups excluding carboxylic acids is 4. The van der Waals surface area contributed by atoms with Crippen LogP contribution in [0.5, 0.6) is 0 Å². The Morgan fingerprint density at radius 1 is 0.694 bits per heavy atom. The molecule has 10 nitrogen and oxygen atoms in total. The summed E-state index contributed by atoms with van der Waals surface area (Å²) in [5.41, 5.74) is 0. The molecule has 0 N–H and O–H groups in total. The highest BCUT2D eigenvalue weighted by atomic mass is 32.2. The van der Waals surface area contributed by atoms with Crippen LogP contribution in [0.15, 0.2) is 9.81 Å². The lowest BCUT2D eigenvalue weighted by Gasteiger charge is -2.27. The van der Waals surface area contributed by atoms with Crippen molar-refractivity contribution in [1.29, 1.82) is 0 Å². The van der Waals surface area contributed by atoms with Crippen LogP contribution in [0.1, 0.15) is 25.7 Å². The van der Waals surface area contributed by atoms with Crippen LogP contribution in [0.3, 0.4) is 0 Å². The summed E-state index contributed by atoms with van der Waals surface area (Å²) >= 11 is 13.0. The molecule has 14 heteroatoms. The lowest BCUT2D eigenvalue weighted by molar-refractivity contribution is -0.136. The fraction of sp³-hybridized carbons (Fsp3) is 0.636. The van der Waals surface area contributed by atoms with E-state index < -0.39 is 0 Å². The van der Waals surface area contributed by atoms with Crippen molar-refractivity contribution < 1.29 is 28.7 Å². The molecule has 0 atom stereocenters. The number of thioether (sulfide) groups is 2. The number of morpholine rings is 2. The fourth-order valence-corrected chi connectivity index (χ4v) is 6.95. The van der Waals surface area contributed by atoms with Crippen LogP contribution in [0.25, 0.3) is 0 Å². The molecule has 4 rings (SSSR count). The molecule has 4 fully saturated rings. The van der Waals surface area contributed by atoms with E-state index in [0.29, 0.717) is 100 Å². The van der Waals surface area contributed by atoms with Gasteiger partial charge in [0.25, 0.3) is 11.8 Å². The van der Waals surface area contributed by atoms with Gasteiger partial charge in [0.15, 0.2) is 0 Å². The van der Waals surface area contributed by atoms with Gasteiger partial charge in [-0.05, 0) is 12.8 Å². The average Bonchev–Trinajstić information content (AvgIpc) is 3.34. The van der Waals surface area contributed by atoms with E-state index in [1.807, 2.05) is 0 Å². The van der Waals surface area contributed by atoms with Crippen LogP contribution in [0.2, 0.25) is 0 Å². The van der Waals surface area contributed by atoms with Crippen molar-refractivity contribution in [2.24, 2.45) is 0 Å². The molecule has 0 aromatic rings. The molecule has 0 radical (unpaired) electrons. The van der Waals surface area contributed by atoms with Crippen molar-refractivity contribution in [2.75, 3.05) is 65.7 Å². The number of hydrogen-bond acceptors (Lipinski definition) is 10. The number of hydrogen-bond donors (Lipinski definition) is 0. The largest absolute Gasteiger partial charge is 0.378 e. The van der Waals surface area contributed by atoms with E-state index in [0.717, 1.165) is 23.5 Å². The molecular weight excluding hydrogens is 545 g/mol. The number of amides is 4. The van der Waals surface area contributed by atoms with E-state index in [9.17, 15) is 19.2 Å². The van der Waals surface area contributed by atoms with Crippen LogP contribution in [0, 0.1) is 0 Å². The molecule has 0 unspecified atom stereocenters. The summed E-state index contributed by atoms with van der Waals surface area (Å²) in [6.07, 6.45) is 1.59. The minimum absolute atomic E-state index is 0.0386. The van der Waals surface area contributed by atoms with Gasteiger partial charge in [-0.15, -0.1) is 0 Å². The summed E-state index contributed by atoms with van der Waals surface area (Å²) in [5, 5.41) is 0. The Morgan fingerprint density at radius 3 is 1.42 bits per heavy atom. The molecule has 0 aliphatic carbocycles. The molecule has 4 aliphatic rings. The first kappa shape index (κ1) is 27.5. The van der Waals surface area contributed by atoms with E-state index >= 15 is 0 Å². The van der Waals surface area contributed by atoms with Crippen LogP contribution in [-0.2, 0) is 28.7 Å². The fourth-order valence-electron chi connectivity index (χ4n) is 4.17. The molecule has 4 saturated heterocycles. The van der Waals surface area contributed by atoms with Gasteiger partial charge in [0.2, 0.25) is 11.8 Å². The van der Waals surface area contributed by atoms with Gasteiger partial charge in [-0.1, -0.05) is 48.0 Å². The first-order valence-corrected chi connectivity index (χ1v) is 14.3. The zero-order valence-corrected chi connectivity index (χ0v) is 23.0. The predicted molar refractivity (Wildman–Crippen MR) is 144 cm³/mol. The summed E-state index contributed by atoms with van der Waals surface area (Å²) < 4.78 is 11.3. The Labute approximate surface area is 229 Å². The van der Waals surface area contributed by atoms with Crippen LogP contribution in [-0.4, -0.2) is 118 Å². The van der Waals surface area contributed by atoms with E-state index in [1.54, 1.807) is 9.80 Å². The monoisotopic (exact) mass is 572 g/mol. The molecular formula is C22H28N4O6S4. The summed E-state index contributed by atoms with van der Waals surface area (Å²) in [5.74, 6) is -0.577. The van der Waals surface area contributed by atoms with Gasteiger partial charge in [-0.3, -0.25) is 29.0 Å². The molecule has 0 aromatic heterocycles. The molecule has 4 aliphatic heterocycles. The lowest BCUT2D eigenvalue weighted by Crippen LogP contribution is -2.41. The Kier molecular flexibility index (Phi) is 9.75. The Hall–Kier alpha value is -1.58. The third-order valence-electron chi connectivity index (χ3n) is 6.18. The number of rotatable bonds is 8. The van der Waals surface area contributed by atoms with E-state index in [2.05, 4.69) is 0 Å². The molecule has 4 amide bonds. The van der Waals surface area contributed by atoms with Gasteiger partial charge in [0.05, 0.1) is 36.2 Å². The first-order chi connectivity index (χ1) is 17.4. The SMILES string of the molecule is O=C(CCCN1C(=O)/C(=C2\SC(=S)N(CCCC(=O)N3CCOCC3)C2=O)SC1=S)N1CCOCC1. The van der Waals surface area contributed by atoms with Crippen LogP contribution in [0.4, 0.5) is 0 Å². The van der Waals surface area contributed by atoms with Gasteiger partial charge in [0, 0.05) is 52.1 Å². The molecule has 196 valence electrons. The first-order valence-electron chi connectivity index (χ1n) is 11.9. The van der Waals surface area contributed by atoms with Gasteiger partial charge in [-0.2, -0.15) is 0 Å². The normalized spacial score (nSPS) is 23.3. The Bertz CT molecular complexity index is 902. The zero-order chi connectivity index (χ0) is 25.7. The van der Waals surface area contributed by atoms with Gasteiger partial charge in [0.1, 0.15) is 8.64 Å². The third kappa shape index (κ3) is 6.45. The van der Waals surface area contributed by atoms with Crippen molar-refractivity contribution in [2.45, 2.75) is 25.7 Å². The van der Waals surface area contributed by atoms with Crippen molar-refractivity contribution in [3.63, 3.8) is 0 Å². The minimum Gasteiger partial charge on any atom is -0.378 e. The maximum atomic E-state index is 13.1. The van der Waals surface area contributed by atoms with Crippen molar-refractivity contribution in [1.82, 2.24) is 19.6 Å². The van der Waals surface area contributed by atoms with E-state index in [4.69, 9.17) is 33.9 Å². The number of ether oxygens (including phenoxy) is 2. The topological polar surface area (TPSA) is 99.7 Å². The van der Waals surface area contributed by atoms with Crippen LogP contribution >= 0.6 is 48.0 Å². The number of carbonyl (C=O) groups is 4. The Morgan fingerprint density at radius 2 is 1.06 bits per heavy atom. The lowest BCUT2D eigenvalue weighted by atomic mass is 10.2. The minimum atomic E-state index is -0.327. The number of nitrogens with zero attached hydrogens (tertiary/aromatic N) is 4. The molecule has 36 heavy (non-hydrogen) atoms. The van der Waals surface area contributed by atoms with Gasteiger partial charge in [-0.25, -0.2) is 0 Å². The maximum absolute atomic E-state index is 13.1. The second kappa shape index (κ2) is 12.8. The summed E-state index contributed by atoms with van der Waals surface area (Å²) in [7, 11) is 0. The maximum Gasteiger partial charge on any atom is 0.267 e. The van der Waals surface area contributed by atoms with Crippen LogP contribution < -0.4 is 0 Å². The summed E-state index contributed by atoms with van der Waals surface area (Å²) in [6, 6.07) is 0. The second-order valence-electron chi connectivity index (χ2n) is 8.50. The van der Waals surface area contributed by atoms with Crippen molar-refractivity contribution >= 4 is 80.2 Å². The smallest absolute Gasteiger partial charge is 0.267 e. The van der Waals surface area contributed by atoms with E-state index in [1.165, 1.54) is 9.80 Å². The second-order valence-corrected chi connectivity index (χ2v) is 11.8. The molecule has 0 saturated carbocycles. The average molecular weight is 573 g/mol.